The fourth-order valence-electron chi connectivity index (χ4n) is 3.66. The second-order valence-corrected chi connectivity index (χ2v) is 15.2. The Hall–Kier alpha value is -1.71. The summed E-state index contributed by atoms with van der Waals surface area (Å²) in [4.78, 5) is 39.0. The van der Waals surface area contributed by atoms with Gasteiger partial charge in [0.05, 0.1) is 23.1 Å². The van der Waals surface area contributed by atoms with Gasteiger partial charge in [0.1, 0.15) is 12.0 Å². The van der Waals surface area contributed by atoms with Gasteiger partial charge >= 0.3 is 0 Å². The first-order valence-corrected chi connectivity index (χ1v) is 14.2. The Bertz CT molecular complexity index is 839. The summed E-state index contributed by atoms with van der Waals surface area (Å²) in [5.74, 6) is -0.980. The number of rotatable bonds is 7. The van der Waals surface area contributed by atoms with Crippen LogP contribution in [0.25, 0.3) is 0 Å². The highest BCUT2D eigenvalue weighted by Crippen LogP contribution is 2.39. The molecule has 2 atom stereocenters. The average molecular weight is 483 g/mol. The smallest absolute Gasteiger partial charge is 0.260 e. The Morgan fingerprint density at radius 3 is 2.62 bits per heavy atom. The lowest BCUT2D eigenvalue weighted by molar-refractivity contribution is -0.147. The minimum absolute atomic E-state index is 0.221. The minimum atomic E-state index is -1.35. The zero-order valence-electron chi connectivity index (χ0n) is 17.2. The van der Waals surface area contributed by atoms with Crippen molar-refractivity contribution in [3.8, 4) is 5.75 Å². The number of carbonyl (C=O) groups excluding carboxylic acids is 3. The molecule has 0 bridgehead atoms. The summed E-state index contributed by atoms with van der Waals surface area (Å²) in [6.45, 7) is 7.55. The third kappa shape index (κ3) is 4.72. The van der Waals surface area contributed by atoms with Crippen LogP contribution in [0, 0.1) is 5.92 Å². The van der Waals surface area contributed by atoms with E-state index in [9.17, 15) is 14.4 Å². The summed E-state index contributed by atoms with van der Waals surface area (Å²) in [5, 5.41) is 2.39. The number of halogens is 1. The molecule has 29 heavy (non-hydrogen) atoms. The van der Waals surface area contributed by atoms with Gasteiger partial charge in [0.15, 0.2) is 0 Å². The van der Waals surface area contributed by atoms with Gasteiger partial charge in [-0.1, -0.05) is 25.7 Å². The van der Waals surface area contributed by atoms with Gasteiger partial charge in [-0.2, -0.15) is 0 Å². The first-order chi connectivity index (χ1) is 13.6. The summed E-state index contributed by atoms with van der Waals surface area (Å²) < 4.78 is 12.3. The monoisotopic (exact) mass is 482 g/mol. The third-order valence-corrected chi connectivity index (χ3v) is 7.62. The molecule has 158 valence electrons. The molecule has 2 heterocycles. The third-order valence-electron chi connectivity index (χ3n) is 5.29. The molecule has 0 radical (unpaired) electrons. The number of imide groups is 1. The van der Waals surface area contributed by atoms with Crippen LogP contribution < -0.4 is 10.1 Å². The van der Waals surface area contributed by atoms with Crippen LogP contribution in [-0.4, -0.2) is 50.6 Å². The molecule has 1 saturated heterocycles. The topological polar surface area (TPSA) is 84.9 Å². The van der Waals surface area contributed by atoms with Crippen LogP contribution in [0.15, 0.2) is 16.6 Å². The van der Waals surface area contributed by atoms with Crippen molar-refractivity contribution in [3.63, 3.8) is 0 Å². The SMILES string of the molecule is COc1c(Br)ccc2c1C(=O)N(C(OCC[Si](C)(C)C)C1CCC(=O)NC1=O)C2. The Morgan fingerprint density at radius 1 is 1.28 bits per heavy atom. The predicted octanol–water partition coefficient (Wildman–Crippen LogP) is 3.15. The second kappa shape index (κ2) is 8.57. The van der Waals surface area contributed by atoms with E-state index in [-0.39, 0.29) is 24.1 Å². The van der Waals surface area contributed by atoms with Crippen LogP contribution in [0.5, 0.6) is 5.75 Å². The Kier molecular flexibility index (Phi) is 6.50. The van der Waals surface area contributed by atoms with Gasteiger partial charge in [-0.15, -0.1) is 0 Å². The predicted molar refractivity (Wildman–Crippen MR) is 114 cm³/mol. The number of piperidine rings is 1. The van der Waals surface area contributed by atoms with Crippen molar-refractivity contribution in [2.75, 3.05) is 13.7 Å². The lowest BCUT2D eigenvalue weighted by Crippen LogP contribution is -2.52. The lowest BCUT2D eigenvalue weighted by atomic mass is 9.95. The van der Waals surface area contributed by atoms with E-state index in [1.54, 1.807) is 4.90 Å². The van der Waals surface area contributed by atoms with Crippen molar-refractivity contribution in [1.29, 1.82) is 0 Å². The number of carbonyl (C=O) groups is 3. The summed E-state index contributed by atoms with van der Waals surface area (Å²) in [5.41, 5.74) is 1.33. The maximum Gasteiger partial charge on any atom is 0.260 e. The van der Waals surface area contributed by atoms with Crippen LogP contribution in [0.2, 0.25) is 25.7 Å². The lowest BCUT2D eigenvalue weighted by Gasteiger charge is -2.35. The molecule has 0 aromatic heterocycles. The minimum Gasteiger partial charge on any atom is -0.495 e. The molecule has 1 aromatic carbocycles. The van der Waals surface area contributed by atoms with Gasteiger partial charge in [0.2, 0.25) is 11.8 Å². The van der Waals surface area contributed by atoms with E-state index in [2.05, 4.69) is 40.9 Å². The quantitative estimate of drug-likeness (QED) is 0.476. The van der Waals surface area contributed by atoms with E-state index >= 15 is 0 Å². The molecule has 7 nitrogen and oxygen atoms in total. The number of amides is 3. The van der Waals surface area contributed by atoms with Gasteiger partial charge in [-0.3, -0.25) is 19.7 Å². The maximum atomic E-state index is 13.3. The average Bonchev–Trinajstić information content (AvgIpc) is 2.95. The molecule has 0 aliphatic carbocycles. The molecule has 0 spiro atoms. The van der Waals surface area contributed by atoms with Crippen molar-refractivity contribution in [1.82, 2.24) is 10.2 Å². The van der Waals surface area contributed by atoms with Crippen molar-refractivity contribution < 1.29 is 23.9 Å². The highest BCUT2D eigenvalue weighted by Gasteiger charge is 2.43. The standard InChI is InChI=1S/C20H27BrN2O5Si/c1-27-17-14(21)7-5-12-11-23(19(26)16(12)17)20(28-9-10-29(2,3)4)13-6-8-15(24)22-18(13)25/h5,7,13,20H,6,8-11H2,1-4H3,(H,22,24,25). The maximum absolute atomic E-state index is 13.3. The fraction of sp³-hybridized carbons (Fsp3) is 0.550. The molecule has 2 aliphatic heterocycles. The van der Waals surface area contributed by atoms with Crippen LogP contribution in [0.1, 0.15) is 28.8 Å². The Balaban J connectivity index is 1.89. The number of hydrogen-bond donors (Lipinski definition) is 1. The number of ether oxygens (including phenoxy) is 2. The van der Waals surface area contributed by atoms with Crippen molar-refractivity contribution in [3.05, 3.63) is 27.7 Å². The van der Waals surface area contributed by atoms with Crippen molar-refractivity contribution in [2.24, 2.45) is 5.92 Å². The van der Waals surface area contributed by atoms with Gasteiger partial charge in [-0.05, 0) is 40.0 Å². The Morgan fingerprint density at radius 2 is 2.00 bits per heavy atom. The van der Waals surface area contributed by atoms with E-state index in [1.807, 2.05) is 12.1 Å². The highest BCUT2D eigenvalue weighted by atomic mass is 79.9. The summed E-state index contributed by atoms with van der Waals surface area (Å²) in [6, 6.07) is 4.64. The normalized spacial score (nSPS) is 20.5. The number of fused-ring (bicyclic) bond motifs is 1. The summed E-state index contributed by atoms with van der Waals surface area (Å²) in [6.07, 6.45) is -0.111. The van der Waals surface area contributed by atoms with Gasteiger partial charge in [0.25, 0.3) is 5.91 Å². The van der Waals surface area contributed by atoms with Crippen molar-refractivity contribution in [2.45, 2.75) is 51.3 Å². The Labute approximate surface area is 180 Å². The number of hydrogen-bond acceptors (Lipinski definition) is 5. The van der Waals surface area contributed by atoms with E-state index in [4.69, 9.17) is 9.47 Å². The number of nitrogens with one attached hydrogen (secondary N) is 1. The molecule has 1 aromatic rings. The van der Waals surface area contributed by atoms with Crippen LogP contribution in [-0.2, 0) is 20.9 Å². The molecule has 2 aliphatic rings. The van der Waals surface area contributed by atoms with E-state index in [0.717, 1.165) is 11.6 Å². The molecule has 1 N–H and O–H groups in total. The van der Waals surface area contributed by atoms with Crippen LogP contribution >= 0.6 is 15.9 Å². The molecule has 3 rings (SSSR count). The van der Waals surface area contributed by atoms with Gasteiger partial charge in [-0.25, -0.2) is 0 Å². The van der Waals surface area contributed by atoms with E-state index < -0.39 is 20.2 Å². The summed E-state index contributed by atoms with van der Waals surface area (Å²) >= 11 is 3.43. The molecule has 2 unspecified atom stereocenters. The molecule has 9 heteroatoms. The zero-order chi connectivity index (χ0) is 21.3. The number of methoxy groups -OCH3 is 1. The first-order valence-electron chi connectivity index (χ1n) is 9.74. The van der Waals surface area contributed by atoms with E-state index in [0.29, 0.717) is 35.4 Å². The van der Waals surface area contributed by atoms with Crippen molar-refractivity contribution >= 4 is 41.7 Å². The number of benzene rings is 1. The molecule has 0 saturated carbocycles. The van der Waals surface area contributed by atoms with Crippen LogP contribution in [0.4, 0.5) is 0 Å². The van der Waals surface area contributed by atoms with Gasteiger partial charge in [0, 0.05) is 27.6 Å². The summed E-state index contributed by atoms with van der Waals surface area (Å²) in [7, 11) is 0.173. The zero-order valence-corrected chi connectivity index (χ0v) is 19.8. The second-order valence-electron chi connectivity index (χ2n) is 8.68. The molecule has 1 fully saturated rings. The largest absolute Gasteiger partial charge is 0.495 e. The van der Waals surface area contributed by atoms with Gasteiger partial charge < -0.3 is 14.4 Å². The molecule has 3 amide bonds. The first kappa shape index (κ1) is 22.0. The van der Waals surface area contributed by atoms with Crippen LogP contribution in [0.3, 0.4) is 0 Å². The fourth-order valence-corrected chi connectivity index (χ4v) is 4.88. The molecular formula is C20H27BrN2O5Si. The van der Waals surface area contributed by atoms with E-state index in [1.165, 1.54) is 7.11 Å². The molecular weight excluding hydrogens is 456 g/mol. The number of nitrogens with zero attached hydrogens (tertiary/aromatic N) is 1. The highest BCUT2D eigenvalue weighted by molar-refractivity contribution is 9.10.